The maximum absolute atomic E-state index is 12.2. The molecule has 1 unspecified atom stereocenters. The molecule has 2 nitrogen and oxygen atoms in total. The Hall–Kier alpha value is -0.900. The van der Waals surface area contributed by atoms with Gasteiger partial charge in [-0.05, 0) is 13.0 Å². The molecule has 11 heavy (non-hydrogen) atoms. The summed E-state index contributed by atoms with van der Waals surface area (Å²) < 4.78 is 29.1. The predicted molar refractivity (Wildman–Crippen MR) is 36.3 cm³/mol. The van der Waals surface area contributed by atoms with Crippen molar-refractivity contribution in [2.75, 3.05) is 0 Å². The average Bonchev–Trinajstić information content (AvgIpc) is 2.37. The first-order valence-electron chi connectivity index (χ1n) is 3.15. The van der Waals surface area contributed by atoms with Gasteiger partial charge in [-0.1, -0.05) is 0 Å². The number of nitrogens with two attached hydrogens (primary N) is 1. The largest absolute Gasteiger partial charge is 0.472 e. The summed E-state index contributed by atoms with van der Waals surface area (Å²) >= 11 is 0. The minimum atomic E-state index is -2.58. The van der Waals surface area contributed by atoms with Crippen molar-refractivity contribution in [3.63, 3.8) is 0 Å². The maximum Gasteiger partial charge on any atom is 0.260 e. The zero-order valence-corrected chi connectivity index (χ0v) is 6.05. The molecule has 1 rings (SSSR count). The minimum Gasteiger partial charge on any atom is -0.472 e. The van der Waals surface area contributed by atoms with E-state index in [1.54, 1.807) is 0 Å². The van der Waals surface area contributed by atoms with Gasteiger partial charge in [0, 0.05) is 5.56 Å². The SMILES string of the molecule is CC(N)(c1ccoc1)C(F)F. The van der Waals surface area contributed by atoms with Crippen molar-refractivity contribution in [3.05, 3.63) is 24.2 Å². The van der Waals surface area contributed by atoms with E-state index in [2.05, 4.69) is 4.42 Å². The average molecular weight is 161 g/mol. The van der Waals surface area contributed by atoms with Crippen molar-refractivity contribution >= 4 is 0 Å². The maximum atomic E-state index is 12.2. The molecule has 1 aromatic rings. The van der Waals surface area contributed by atoms with Crippen molar-refractivity contribution in [2.24, 2.45) is 5.73 Å². The summed E-state index contributed by atoms with van der Waals surface area (Å²) in [5, 5.41) is 0. The Morgan fingerprint density at radius 2 is 2.27 bits per heavy atom. The van der Waals surface area contributed by atoms with Crippen LogP contribution in [0.15, 0.2) is 23.0 Å². The summed E-state index contributed by atoms with van der Waals surface area (Å²) in [6.07, 6.45) is -0.0327. The number of furan rings is 1. The van der Waals surface area contributed by atoms with Crippen LogP contribution in [0.5, 0.6) is 0 Å². The van der Waals surface area contributed by atoms with E-state index in [0.717, 1.165) is 0 Å². The summed E-state index contributed by atoms with van der Waals surface area (Å²) in [6, 6.07) is 1.44. The summed E-state index contributed by atoms with van der Waals surface area (Å²) in [7, 11) is 0. The van der Waals surface area contributed by atoms with E-state index < -0.39 is 12.0 Å². The molecule has 0 aliphatic carbocycles. The molecule has 0 radical (unpaired) electrons. The van der Waals surface area contributed by atoms with E-state index in [1.807, 2.05) is 0 Å². The quantitative estimate of drug-likeness (QED) is 0.717. The van der Waals surface area contributed by atoms with Crippen LogP contribution in [-0.4, -0.2) is 6.43 Å². The van der Waals surface area contributed by atoms with E-state index in [9.17, 15) is 8.78 Å². The van der Waals surface area contributed by atoms with Crippen molar-refractivity contribution in [1.82, 2.24) is 0 Å². The Balaban J connectivity index is 2.90. The highest BCUT2D eigenvalue weighted by Crippen LogP contribution is 2.24. The van der Waals surface area contributed by atoms with Crippen LogP contribution in [0.4, 0.5) is 8.78 Å². The second kappa shape index (κ2) is 2.62. The highest BCUT2D eigenvalue weighted by atomic mass is 19.3. The molecule has 1 aromatic heterocycles. The van der Waals surface area contributed by atoms with Crippen LogP contribution in [-0.2, 0) is 5.54 Å². The molecule has 2 N–H and O–H groups in total. The smallest absolute Gasteiger partial charge is 0.260 e. The summed E-state index contributed by atoms with van der Waals surface area (Å²) in [5.74, 6) is 0. The molecule has 0 amide bonds. The lowest BCUT2D eigenvalue weighted by atomic mass is 9.97. The molecule has 1 heterocycles. The van der Waals surface area contributed by atoms with Gasteiger partial charge in [-0.25, -0.2) is 8.78 Å². The topological polar surface area (TPSA) is 39.2 Å². The first kappa shape index (κ1) is 8.20. The summed E-state index contributed by atoms with van der Waals surface area (Å²) in [5.41, 5.74) is 4.02. The van der Waals surface area contributed by atoms with Gasteiger partial charge in [-0.2, -0.15) is 0 Å². The second-order valence-electron chi connectivity index (χ2n) is 2.60. The predicted octanol–water partition coefficient (Wildman–Crippen LogP) is 1.72. The fraction of sp³-hybridized carbons (Fsp3) is 0.429. The molecule has 0 aliphatic heterocycles. The van der Waals surface area contributed by atoms with Crippen LogP contribution >= 0.6 is 0 Å². The molecule has 0 saturated heterocycles. The number of alkyl halides is 2. The monoisotopic (exact) mass is 161 g/mol. The number of hydrogen-bond donors (Lipinski definition) is 1. The summed E-state index contributed by atoms with van der Waals surface area (Å²) in [6.45, 7) is 1.27. The van der Waals surface area contributed by atoms with Gasteiger partial charge in [0.2, 0.25) is 0 Å². The highest BCUT2D eigenvalue weighted by molar-refractivity contribution is 5.17. The fourth-order valence-electron chi connectivity index (χ4n) is 0.697. The van der Waals surface area contributed by atoms with Crippen molar-refractivity contribution < 1.29 is 13.2 Å². The second-order valence-corrected chi connectivity index (χ2v) is 2.60. The van der Waals surface area contributed by atoms with Crippen LogP contribution in [0.25, 0.3) is 0 Å². The molecule has 0 bridgehead atoms. The van der Waals surface area contributed by atoms with Gasteiger partial charge in [0.15, 0.2) is 0 Å². The van der Waals surface area contributed by atoms with Crippen LogP contribution in [0, 0.1) is 0 Å². The standard InChI is InChI=1S/C7H9F2NO/c1-7(10,6(8)9)5-2-3-11-4-5/h2-4,6H,10H2,1H3. The van der Waals surface area contributed by atoms with Gasteiger partial charge < -0.3 is 10.2 Å². The molecule has 0 fully saturated rings. The van der Waals surface area contributed by atoms with Gasteiger partial charge in [-0.3, -0.25) is 0 Å². The van der Waals surface area contributed by atoms with Gasteiger partial charge in [-0.15, -0.1) is 0 Å². The third-order valence-electron chi connectivity index (χ3n) is 1.60. The third-order valence-corrected chi connectivity index (χ3v) is 1.60. The van der Waals surface area contributed by atoms with Crippen LogP contribution in [0.2, 0.25) is 0 Å². The Bertz CT molecular complexity index is 218. The Morgan fingerprint density at radius 3 is 2.64 bits per heavy atom. The van der Waals surface area contributed by atoms with Gasteiger partial charge in [0.05, 0.1) is 12.5 Å². The number of halogens is 2. The number of rotatable bonds is 2. The van der Waals surface area contributed by atoms with Gasteiger partial charge in [0.25, 0.3) is 6.43 Å². The van der Waals surface area contributed by atoms with Gasteiger partial charge >= 0.3 is 0 Å². The highest BCUT2D eigenvalue weighted by Gasteiger charge is 2.32. The van der Waals surface area contributed by atoms with E-state index in [1.165, 1.54) is 25.5 Å². The molecule has 0 spiro atoms. The molecule has 62 valence electrons. The first-order valence-corrected chi connectivity index (χ1v) is 3.15. The van der Waals surface area contributed by atoms with Crippen molar-refractivity contribution in [1.29, 1.82) is 0 Å². The molecule has 4 heteroatoms. The van der Waals surface area contributed by atoms with Crippen LogP contribution in [0.1, 0.15) is 12.5 Å². The lowest BCUT2D eigenvalue weighted by molar-refractivity contribution is 0.0622. The third kappa shape index (κ3) is 1.40. The normalized spacial score (nSPS) is 16.8. The molecule has 0 saturated carbocycles. The van der Waals surface area contributed by atoms with E-state index in [-0.39, 0.29) is 0 Å². The lowest BCUT2D eigenvalue weighted by Crippen LogP contribution is -2.40. The Kier molecular flexibility index (Phi) is 1.95. The minimum absolute atomic E-state index is 0.313. The first-order chi connectivity index (χ1) is 5.05. The molecular formula is C7H9F2NO. The summed E-state index contributed by atoms with van der Waals surface area (Å²) in [4.78, 5) is 0. The Morgan fingerprint density at radius 1 is 1.64 bits per heavy atom. The van der Waals surface area contributed by atoms with Crippen LogP contribution in [0.3, 0.4) is 0 Å². The van der Waals surface area contributed by atoms with Gasteiger partial charge in [0.1, 0.15) is 5.54 Å². The van der Waals surface area contributed by atoms with E-state index in [0.29, 0.717) is 5.56 Å². The van der Waals surface area contributed by atoms with E-state index in [4.69, 9.17) is 5.73 Å². The fourth-order valence-corrected chi connectivity index (χ4v) is 0.697. The van der Waals surface area contributed by atoms with E-state index >= 15 is 0 Å². The Labute approximate surface area is 63.0 Å². The zero-order chi connectivity index (χ0) is 8.48. The molecule has 0 aromatic carbocycles. The zero-order valence-electron chi connectivity index (χ0n) is 6.05. The molecule has 0 aliphatic rings. The van der Waals surface area contributed by atoms with Crippen molar-refractivity contribution in [2.45, 2.75) is 18.9 Å². The van der Waals surface area contributed by atoms with Crippen molar-refractivity contribution in [3.8, 4) is 0 Å². The molecular weight excluding hydrogens is 152 g/mol. The number of hydrogen-bond acceptors (Lipinski definition) is 2. The molecule has 1 atom stereocenters. The van der Waals surface area contributed by atoms with Crippen LogP contribution < -0.4 is 5.73 Å². The lowest BCUT2D eigenvalue weighted by Gasteiger charge is -2.21.